The van der Waals surface area contributed by atoms with Gasteiger partial charge in [-0.05, 0) is 59.2 Å². The lowest BCUT2D eigenvalue weighted by atomic mass is 10.1. The van der Waals surface area contributed by atoms with E-state index in [0.717, 1.165) is 22.2 Å². The second-order valence-electron chi connectivity index (χ2n) is 6.05. The second-order valence-corrected chi connectivity index (χ2v) is 6.05. The molecule has 0 bridgehead atoms. The third-order valence-corrected chi connectivity index (χ3v) is 3.25. The molecule has 1 aromatic heterocycles. The monoisotopic (exact) mass is 259 g/mol. The van der Waals surface area contributed by atoms with Crippen LogP contribution in [0.5, 0.6) is 0 Å². The number of aryl methyl sites for hydroxylation is 2. The first-order valence-electron chi connectivity index (χ1n) is 6.52. The minimum Gasteiger partial charge on any atom is -0.443 e. The Hall–Kier alpha value is -1.77. The highest BCUT2D eigenvalue weighted by atomic mass is 16.6. The fourth-order valence-electron chi connectivity index (χ4n) is 2.23. The Morgan fingerprint density at radius 1 is 1.16 bits per heavy atom. The summed E-state index contributed by atoms with van der Waals surface area (Å²) in [5.74, 6) is 0. The molecule has 3 nitrogen and oxygen atoms in total. The van der Waals surface area contributed by atoms with E-state index in [2.05, 4.69) is 13.0 Å². The zero-order valence-corrected chi connectivity index (χ0v) is 12.5. The van der Waals surface area contributed by atoms with Gasteiger partial charge in [-0.25, -0.2) is 9.36 Å². The number of carbonyl (C=O) groups excluding carboxylic acids is 1. The highest BCUT2D eigenvalue weighted by Crippen LogP contribution is 2.27. The molecule has 1 aromatic carbocycles. The second kappa shape index (κ2) is 4.41. The summed E-state index contributed by atoms with van der Waals surface area (Å²) >= 11 is 0. The van der Waals surface area contributed by atoms with Crippen molar-refractivity contribution >= 4 is 17.0 Å². The van der Waals surface area contributed by atoms with Gasteiger partial charge in [0.25, 0.3) is 0 Å². The summed E-state index contributed by atoms with van der Waals surface area (Å²) in [4.78, 5) is 12.3. The third-order valence-electron chi connectivity index (χ3n) is 3.25. The molecule has 0 saturated carbocycles. The minimum atomic E-state index is -0.487. The first-order valence-corrected chi connectivity index (χ1v) is 6.52. The lowest BCUT2D eigenvalue weighted by molar-refractivity contribution is 0.0541. The maximum atomic E-state index is 12.3. The molecule has 0 aliphatic carbocycles. The zero-order valence-electron chi connectivity index (χ0n) is 12.5. The molecule has 0 amide bonds. The normalized spacial score (nSPS) is 11.9. The van der Waals surface area contributed by atoms with E-state index in [9.17, 15) is 4.79 Å². The van der Waals surface area contributed by atoms with Gasteiger partial charge in [0, 0.05) is 11.1 Å². The van der Waals surface area contributed by atoms with E-state index >= 15 is 0 Å². The van der Waals surface area contributed by atoms with Crippen molar-refractivity contribution in [2.45, 2.75) is 47.1 Å². The number of carbonyl (C=O) groups is 1. The Bertz CT molecular complexity index is 645. The summed E-state index contributed by atoms with van der Waals surface area (Å²) in [6.45, 7) is 11.7. The van der Waals surface area contributed by atoms with Gasteiger partial charge in [-0.2, -0.15) is 0 Å². The maximum absolute atomic E-state index is 12.3. The zero-order chi connectivity index (χ0) is 14.4. The molecule has 0 atom stereocenters. The highest BCUT2D eigenvalue weighted by Gasteiger charge is 2.22. The summed E-state index contributed by atoms with van der Waals surface area (Å²) < 4.78 is 7.14. The van der Waals surface area contributed by atoms with Crippen LogP contribution in [0, 0.1) is 20.8 Å². The van der Waals surface area contributed by atoms with Crippen molar-refractivity contribution < 1.29 is 9.53 Å². The van der Waals surface area contributed by atoms with Crippen LogP contribution >= 0.6 is 0 Å². The van der Waals surface area contributed by atoms with Crippen molar-refractivity contribution in [1.82, 2.24) is 4.57 Å². The summed E-state index contributed by atoms with van der Waals surface area (Å²) in [6, 6.07) is 6.11. The van der Waals surface area contributed by atoms with Gasteiger partial charge in [0.2, 0.25) is 0 Å². The molecule has 102 valence electrons. The van der Waals surface area contributed by atoms with Crippen LogP contribution in [0.15, 0.2) is 18.2 Å². The highest BCUT2D eigenvalue weighted by molar-refractivity contribution is 5.93. The molecule has 0 unspecified atom stereocenters. The smallest absolute Gasteiger partial charge is 0.419 e. The van der Waals surface area contributed by atoms with Gasteiger partial charge in [0.15, 0.2) is 0 Å². The molecule has 19 heavy (non-hydrogen) atoms. The van der Waals surface area contributed by atoms with Crippen molar-refractivity contribution in [2.24, 2.45) is 0 Å². The molecule has 0 fully saturated rings. The first-order chi connectivity index (χ1) is 8.70. The summed E-state index contributed by atoms with van der Waals surface area (Å²) in [7, 11) is 0. The fourth-order valence-corrected chi connectivity index (χ4v) is 2.23. The van der Waals surface area contributed by atoms with Crippen LogP contribution in [0.2, 0.25) is 0 Å². The van der Waals surface area contributed by atoms with Gasteiger partial charge in [-0.3, -0.25) is 0 Å². The van der Waals surface area contributed by atoms with E-state index in [1.807, 2.05) is 46.8 Å². The van der Waals surface area contributed by atoms with E-state index < -0.39 is 5.60 Å². The molecule has 3 heteroatoms. The molecule has 2 rings (SSSR count). The molecule has 0 spiro atoms. The lowest BCUT2D eigenvalue weighted by Gasteiger charge is -2.20. The molecule has 0 radical (unpaired) electrons. The molecule has 0 saturated heterocycles. The average molecular weight is 259 g/mol. The van der Waals surface area contributed by atoms with Gasteiger partial charge in [0.05, 0.1) is 5.52 Å². The molecular weight excluding hydrogens is 238 g/mol. The Balaban J connectivity index is 2.61. The van der Waals surface area contributed by atoms with Crippen molar-refractivity contribution in [3.8, 4) is 0 Å². The fraction of sp³-hybridized carbons (Fsp3) is 0.438. The Labute approximate surface area is 114 Å². The minimum absolute atomic E-state index is 0.313. The number of fused-ring (bicyclic) bond motifs is 1. The number of aromatic nitrogens is 1. The first kappa shape index (κ1) is 13.7. The number of hydrogen-bond donors (Lipinski definition) is 0. The molecule has 2 aromatic rings. The average Bonchev–Trinajstić information content (AvgIpc) is 2.50. The van der Waals surface area contributed by atoms with Crippen LogP contribution in [-0.2, 0) is 4.74 Å². The Morgan fingerprint density at radius 2 is 1.79 bits per heavy atom. The third kappa shape index (κ3) is 2.50. The quantitative estimate of drug-likeness (QED) is 0.704. The van der Waals surface area contributed by atoms with Gasteiger partial charge in [-0.15, -0.1) is 0 Å². The molecule has 1 heterocycles. The number of benzene rings is 1. The summed E-state index contributed by atoms with van der Waals surface area (Å²) in [5.41, 5.74) is 3.69. The van der Waals surface area contributed by atoms with E-state index in [4.69, 9.17) is 4.74 Å². The van der Waals surface area contributed by atoms with E-state index in [1.165, 1.54) is 5.56 Å². The van der Waals surface area contributed by atoms with Gasteiger partial charge in [-0.1, -0.05) is 11.6 Å². The SMILES string of the molecule is Cc1ccc2c(c1)c(C)c(C)n2C(=O)OC(C)(C)C. The van der Waals surface area contributed by atoms with E-state index in [1.54, 1.807) is 4.57 Å². The molecular formula is C16H21NO2. The predicted octanol–water partition coefficient (Wildman–Crippen LogP) is 4.35. The topological polar surface area (TPSA) is 31.2 Å². The van der Waals surface area contributed by atoms with Crippen LogP contribution in [0.1, 0.15) is 37.6 Å². The van der Waals surface area contributed by atoms with Crippen molar-refractivity contribution in [3.05, 3.63) is 35.0 Å². The van der Waals surface area contributed by atoms with Crippen molar-refractivity contribution in [3.63, 3.8) is 0 Å². The number of nitrogens with zero attached hydrogens (tertiary/aromatic N) is 1. The Kier molecular flexibility index (Phi) is 3.17. The van der Waals surface area contributed by atoms with E-state index in [-0.39, 0.29) is 6.09 Å². The van der Waals surface area contributed by atoms with Gasteiger partial charge in [0.1, 0.15) is 5.60 Å². The van der Waals surface area contributed by atoms with Gasteiger partial charge < -0.3 is 4.74 Å². The van der Waals surface area contributed by atoms with Crippen molar-refractivity contribution in [1.29, 1.82) is 0 Å². The van der Waals surface area contributed by atoms with Crippen LogP contribution in [0.3, 0.4) is 0 Å². The van der Waals surface area contributed by atoms with E-state index in [0.29, 0.717) is 0 Å². The van der Waals surface area contributed by atoms with Crippen LogP contribution in [-0.4, -0.2) is 16.3 Å². The van der Waals surface area contributed by atoms with Crippen LogP contribution in [0.4, 0.5) is 4.79 Å². The predicted molar refractivity (Wildman–Crippen MR) is 77.8 cm³/mol. The maximum Gasteiger partial charge on any atom is 0.419 e. The molecule has 0 N–H and O–H groups in total. The standard InChI is InChI=1S/C16H21NO2/c1-10-7-8-14-13(9-10)11(2)12(3)17(14)15(18)19-16(4,5)6/h7-9H,1-6H3. The number of ether oxygens (including phenoxy) is 1. The van der Waals surface area contributed by atoms with Crippen LogP contribution < -0.4 is 0 Å². The number of rotatable bonds is 0. The Morgan fingerprint density at radius 3 is 2.37 bits per heavy atom. The van der Waals surface area contributed by atoms with Crippen LogP contribution in [0.25, 0.3) is 10.9 Å². The summed E-state index contributed by atoms with van der Waals surface area (Å²) in [5, 5.41) is 1.11. The number of hydrogen-bond acceptors (Lipinski definition) is 2. The van der Waals surface area contributed by atoms with Gasteiger partial charge >= 0.3 is 6.09 Å². The molecule has 0 aliphatic heterocycles. The lowest BCUT2D eigenvalue weighted by Crippen LogP contribution is -2.27. The van der Waals surface area contributed by atoms with Crippen molar-refractivity contribution in [2.75, 3.05) is 0 Å². The largest absolute Gasteiger partial charge is 0.443 e. The molecule has 0 aliphatic rings. The summed E-state index contributed by atoms with van der Waals surface area (Å²) in [6.07, 6.45) is -0.313.